The van der Waals surface area contributed by atoms with E-state index in [0.29, 0.717) is 10.8 Å². The molecule has 3 rings (SSSR count). The largest absolute Gasteiger partial charge is 0.481 e. The molecular weight excluding hydrogens is 371 g/mol. The number of nitrogens with zero attached hydrogens (tertiary/aromatic N) is 3. The molecule has 0 unspecified atom stereocenters. The van der Waals surface area contributed by atoms with Crippen LogP contribution in [0.5, 0.6) is 0 Å². The normalized spacial score (nSPS) is 20.6. The van der Waals surface area contributed by atoms with E-state index in [-0.39, 0.29) is 5.56 Å². The smallest absolute Gasteiger partial charge is 0.394 e. The van der Waals surface area contributed by atoms with Crippen LogP contribution in [0.3, 0.4) is 0 Å². The van der Waals surface area contributed by atoms with Crippen molar-refractivity contribution in [2.45, 2.75) is 20.0 Å². The number of halogens is 3. The lowest BCUT2D eigenvalue weighted by Gasteiger charge is -2.18. The lowest BCUT2D eigenvalue weighted by atomic mass is 9.96. The van der Waals surface area contributed by atoms with Gasteiger partial charge in [-0.1, -0.05) is 0 Å². The second-order valence-corrected chi connectivity index (χ2v) is 7.11. The van der Waals surface area contributed by atoms with Crippen molar-refractivity contribution >= 4 is 23.2 Å². The minimum absolute atomic E-state index is 0.254. The highest BCUT2D eigenvalue weighted by Gasteiger charge is 2.53. The highest BCUT2D eigenvalue weighted by atomic mass is 32.1. The maximum absolute atomic E-state index is 13.1. The van der Waals surface area contributed by atoms with Crippen molar-refractivity contribution in [2.75, 3.05) is 13.1 Å². The van der Waals surface area contributed by atoms with Crippen LogP contribution in [0.25, 0.3) is 5.13 Å². The van der Waals surface area contributed by atoms with E-state index in [1.807, 2.05) is 0 Å². The topological polar surface area (TPSA) is 75.4 Å². The van der Waals surface area contributed by atoms with Crippen molar-refractivity contribution in [1.29, 1.82) is 0 Å². The number of alkyl halides is 3. The molecule has 1 N–H and O–H groups in total. The standard InChI is InChI=1S/C16H16F3N3O3S/c1-8-5-10(9(2)22(8)15-20-3-4-26-15)13(23)21-6-11(14(24)25)12(7-21)16(17,18)19/h3-5,11-12H,6-7H2,1-2H3,(H,24,25)/t11-,12-/m1/s1. The van der Waals surface area contributed by atoms with Crippen molar-refractivity contribution in [3.63, 3.8) is 0 Å². The number of carbonyl (C=O) groups excluding carboxylic acids is 1. The van der Waals surface area contributed by atoms with Gasteiger partial charge in [0.05, 0.1) is 17.4 Å². The number of rotatable bonds is 3. The number of carboxylic acids is 1. The molecule has 1 amide bonds. The molecule has 3 heterocycles. The fourth-order valence-corrected chi connectivity index (χ4v) is 4.07. The molecule has 10 heteroatoms. The Balaban J connectivity index is 1.91. The number of amides is 1. The van der Waals surface area contributed by atoms with E-state index in [2.05, 4.69) is 4.98 Å². The molecule has 0 saturated carbocycles. The number of aliphatic carboxylic acids is 1. The maximum atomic E-state index is 13.1. The van der Waals surface area contributed by atoms with Crippen LogP contribution in [0.4, 0.5) is 13.2 Å². The molecule has 0 aliphatic carbocycles. The summed E-state index contributed by atoms with van der Waals surface area (Å²) >= 11 is 1.37. The number of carbonyl (C=O) groups is 2. The highest BCUT2D eigenvalue weighted by Crippen LogP contribution is 2.38. The Morgan fingerprint density at radius 3 is 2.50 bits per heavy atom. The molecule has 1 aliphatic rings. The lowest BCUT2D eigenvalue weighted by molar-refractivity contribution is -0.187. The van der Waals surface area contributed by atoms with Crippen molar-refractivity contribution in [3.05, 3.63) is 34.6 Å². The van der Waals surface area contributed by atoms with Gasteiger partial charge in [0.15, 0.2) is 5.13 Å². The van der Waals surface area contributed by atoms with Gasteiger partial charge in [0.25, 0.3) is 5.91 Å². The Morgan fingerprint density at radius 1 is 1.31 bits per heavy atom. The summed E-state index contributed by atoms with van der Waals surface area (Å²) in [6, 6.07) is 1.59. The average Bonchev–Trinajstić information content (AvgIpc) is 3.24. The Morgan fingerprint density at radius 2 is 2.00 bits per heavy atom. The van der Waals surface area contributed by atoms with E-state index in [4.69, 9.17) is 5.11 Å². The third-order valence-electron chi connectivity index (χ3n) is 4.62. The molecule has 2 atom stereocenters. The van der Waals surface area contributed by atoms with Crippen LogP contribution in [-0.2, 0) is 4.79 Å². The molecule has 1 saturated heterocycles. The zero-order chi connectivity index (χ0) is 19.2. The number of aromatic nitrogens is 2. The summed E-state index contributed by atoms with van der Waals surface area (Å²) in [5.41, 5.74) is 1.54. The fourth-order valence-electron chi connectivity index (χ4n) is 3.32. The van der Waals surface area contributed by atoms with Crippen LogP contribution in [-0.4, -0.2) is 50.7 Å². The van der Waals surface area contributed by atoms with Crippen molar-refractivity contribution < 1.29 is 27.9 Å². The van der Waals surface area contributed by atoms with E-state index < -0.39 is 43.0 Å². The highest BCUT2D eigenvalue weighted by molar-refractivity contribution is 7.12. The lowest BCUT2D eigenvalue weighted by Crippen LogP contribution is -2.34. The van der Waals surface area contributed by atoms with E-state index >= 15 is 0 Å². The Bertz CT molecular complexity index is 845. The molecule has 1 fully saturated rings. The van der Waals surface area contributed by atoms with E-state index in [1.54, 1.807) is 36.1 Å². The minimum Gasteiger partial charge on any atom is -0.481 e. The van der Waals surface area contributed by atoms with Crippen molar-refractivity contribution in [1.82, 2.24) is 14.5 Å². The van der Waals surface area contributed by atoms with Gasteiger partial charge in [-0.15, -0.1) is 11.3 Å². The Labute approximate surface area is 150 Å². The van der Waals surface area contributed by atoms with Crippen LogP contribution >= 0.6 is 11.3 Å². The predicted molar refractivity (Wildman–Crippen MR) is 87.5 cm³/mol. The van der Waals surface area contributed by atoms with Gasteiger partial charge in [-0.25, -0.2) is 4.98 Å². The van der Waals surface area contributed by atoms with Gasteiger partial charge in [0, 0.05) is 36.1 Å². The van der Waals surface area contributed by atoms with Crippen LogP contribution in [0.1, 0.15) is 21.7 Å². The van der Waals surface area contributed by atoms with Crippen molar-refractivity contribution in [3.8, 4) is 5.13 Å². The minimum atomic E-state index is -4.67. The molecule has 140 valence electrons. The molecule has 26 heavy (non-hydrogen) atoms. The quantitative estimate of drug-likeness (QED) is 0.879. The second-order valence-electron chi connectivity index (χ2n) is 6.24. The van der Waals surface area contributed by atoms with Crippen molar-refractivity contribution in [2.24, 2.45) is 11.8 Å². The van der Waals surface area contributed by atoms with Gasteiger partial charge in [0.2, 0.25) is 0 Å². The number of aryl methyl sites for hydroxylation is 1. The van der Waals surface area contributed by atoms with E-state index in [1.165, 1.54) is 11.3 Å². The maximum Gasteiger partial charge on any atom is 0.394 e. The molecule has 2 aromatic heterocycles. The Kier molecular flexibility index (Phi) is 4.55. The van der Waals surface area contributed by atoms with Crippen LogP contribution in [0, 0.1) is 25.7 Å². The Hall–Kier alpha value is -2.36. The fraction of sp³-hybridized carbons (Fsp3) is 0.438. The molecule has 0 spiro atoms. The molecular formula is C16H16F3N3O3S. The zero-order valence-corrected chi connectivity index (χ0v) is 14.8. The van der Waals surface area contributed by atoms with Gasteiger partial charge in [-0.3, -0.25) is 14.2 Å². The van der Waals surface area contributed by atoms with Gasteiger partial charge < -0.3 is 10.0 Å². The first-order valence-electron chi connectivity index (χ1n) is 7.79. The first-order chi connectivity index (χ1) is 12.1. The first kappa shape index (κ1) is 18.4. The summed E-state index contributed by atoms with van der Waals surface area (Å²) < 4.78 is 41.1. The predicted octanol–water partition coefficient (Wildman–Crippen LogP) is 2.89. The number of hydrogen-bond acceptors (Lipinski definition) is 4. The van der Waals surface area contributed by atoms with Gasteiger partial charge in [-0.2, -0.15) is 13.2 Å². The van der Waals surface area contributed by atoms with E-state index in [0.717, 1.165) is 10.6 Å². The summed E-state index contributed by atoms with van der Waals surface area (Å²) in [5, 5.41) is 11.5. The first-order valence-corrected chi connectivity index (χ1v) is 8.66. The third kappa shape index (κ3) is 3.09. The summed E-state index contributed by atoms with van der Waals surface area (Å²) in [4.78, 5) is 29.1. The monoisotopic (exact) mass is 387 g/mol. The summed E-state index contributed by atoms with van der Waals surface area (Å²) in [5.74, 6) is -5.86. The van der Waals surface area contributed by atoms with Gasteiger partial charge in [-0.05, 0) is 19.9 Å². The number of thiazole rings is 1. The summed E-state index contributed by atoms with van der Waals surface area (Å²) in [7, 11) is 0. The number of carboxylic acid groups (broad SMARTS) is 1. The molecule has 6 nitrogen and oxygen atoms in total. The van der Waals surface area contributed by atoms with Crippen LogP contribution in [0.2, 0.25) is 0 Å². The SMILES string of the molecule is Cc1cc(C(=O)N2C[C@@H](C(F)(F)F)[C@H](C(=O)O)C2)c(C)n1-c1nccs1. The van der Waals surface area contributed by atoms with Crippen LogP contribution < -0.4 is 0 Å². The molecule has 0 bridgehead atoms. The summed E-state index contributed by atoms with van der Waals surface area (Å²) in [6.07, 6.45) is -3.05. The van der Waals surface area contributed by atoms with E-state index in [9.17, 15) is 22.8 Å². The molecule has 2 aromatic rings. The summed E-state index contributed by atoms with van der Waals surface area (Å²) in [6.45, 7) is 2.35. The number of hydrogen-bond donors (Lipinski definition) is 1. The second kappa shape index (κ2) is 6.42. The van der Waals surface area contributed by atoms with Gasteiger partial charge in [0.1, 0.15) is 0 Å². The number of likely N-dealkylation sites (tertiary alicyclic amines) is 1. The van der Waals surface area contributed by atoms with Gasteiger partial charge >= 0.3 is 12.1 Å². The van der Waals surface area contributed by atoms with Crippen LogP contribution in [0.15, 0.2) is 17.6 Å². The third-order valence-corrected chi connectivity index (χ3v) is 5.37. The zero-order valence-electron chi connectivity index (χ0n) is 13.9. The molecule has 1 aliphatic heterocycles. The molecule has 0 aromatic carbocycles. The average molecular weight is 387 g/mol. The molecule has 0 radical (unpaired) electrons.